The topological polar surface area (TPSA) is 23.5 Å². The van der Waals surface area contributed by atoms with Crippen molar-refractivity contribution in [3.05, 3.63) is 35.9 Å². The van der Waals surface area contributed by atoms with Crippen LogP contribution in [0.2, 0.25) is 0 Å². The molecule has 0 aliphatic heterocycles. The Bertz CT molecular complexity index is 325. The Labute approximate surface area is 112 Å². The van der Waals surface area contributed by atoms with E-state index in [9.17, 15) is 5.11 Å². The van der Waals surface area contributed by atoms with E-state index >= 15 is 0 Å². The first-order chi connectivity index (χ1) is 8.54. The van der Waals surface area contributed by atoms with Crippen LogP contribution in [-0.2, 0) is 0 Å². The highest BCUT2D eigenvalue weighted by atomic mass is 16.3. The van der Waals surface area contributed by atoms with E-state index < -0.39 is 0 Å². The molecule has 1 rings (SSSR count). The summed E-state index contributed by atoms with van der Waals surface area (Å²) in [5.41, 5.74) is 1.02. The molecule has 2 nitrogen and oxygen atoms in total. The summed E-state index contributed by atoms with van der Waals surface area (Å²) >= 11 is 0. The number of hydrogen-bond donors (Lipinski definition) is 1. The normalized spacial score (nSPS) is 16.6. The molecule has 1 aromatic rings. The molecule has 1 N–H and O–H groups in total. The predicted molar refractivity (Wildman–Crippen MR) is 77.5 cm³/mol. The molecular formula is C16H27NO. The fourth-order valence-corrected chi connectivity index (χ4v) is 2.31. The van der Waals surface area contributed by atoms with Gasteiger partial charge in [0.1, 0.15) is 0 Å². The summed E-state index contributed by atoms with van der Waals surface area (Å²) in [5.74, 6) is 0.970. The molecule has 0 radical (unpaired) electrons. The quantitative estimate of drug-likeness (QED) is 0.801. The van der Waals surface area contributed by atoms with Crippen LogP contribution < -0.4 is 0 Å². The average Bonchev–Trinajstić information content (AvgIpc) is 2.38. The molecule has 0 bridgehead atoms. The van der Waals surface area contributed by atoms with Gasteiger partial charge in [0, 0.05) is 13.1 Å². The monoisotopic (exact) mass is 249 g/mol. The third-order valence-corrected chi connectivity index (χ3v) is 3.60. The minimum absolute atomic E-state index is 0.251. The van der Waals surface area contributed by atoms with Crippen molar-refractivity contribution in [3.63, 3.8) is 0 Å². The molecule has 2 heteroatoms. The van der Waals surface area contributed by atoms with Gasteiger partial charge in [-0.1, -0.05) is 57.5 Å². The van der Waals surface area contributed by atoms with Crippen LogP contribution >= 0.6 is 0 Å². The van der Waals surface area contributed by atoms with Crippen molar-refractivity contribution in [1.29, 1.82) is 0 Å². The van der Waals surface area contributed by atoms with E-state index in [4.69, 9.17) is 0 Å². The van der Waals surface area contributed by atoms with Crippen LogP contribution in [0.3, 0.4) is 0 Å². The average molecular weight is 249 g/mol. The summed E-state index contributed by atoms with van der Waals surface area (Å²) in [6.45, 7) is 8.64. The van der Waals surface area contributed by atoms with E-state index in [1.807, 2.05) is 30.3 Å². The standard InChI is InChI=1S/C16H27NO/c1-5-13(2)11-17(4)12-14(3)16(18)15-9-7-6-8-10-15/h6-10,13-14,16,18H,5,11-12H2,1-4H3. The zero-order valence-electron chi connectivity index (χ0n) is 12.1. The Morgan fingerprint density at radius 2 is 1.72 bits per heavy atom. The van der Waals surface area contributed by atoms with Crippen LogP contribution in [0.5, 0.6) is 0 Å². The van der Waals surface area contributed by atoms with Gasteiger partial charge in [0.05, 0.1) is 6.10 Å². The van der Waals surface area contributed by atoms with Gasteiger partial charge in [-0.15, -0.1) is 0 Å². The second-order valence-corrected chi connectivity index (χ2v) is 5.57. The first-order valence-electron chi connectivity index (χ1n) is 6.96. The van der Waals surface area contributed by atoms with Gasteiger partial charge in [-0.05, 0) is 24.4 Å². The smallest absolute Gasteiger partial charge is 0.0827 e. The maximum Gasteiger partial charge on any atom is 0.0827 e. The van der Waals surface area contributed by atoms with Gasteiger partial charge in [0.25, 0.3) is 0 Å². The fraction of sp³-hybridized carbons (Fsp3) is 0.625. The highest BCUT2D eigenvalue weighted by Gasteiger charge is 2.18. The van der Waals surface area contributed by atoms with Gasteiger partial charge < -0.3 is 10.0 Å². The Hall–Kier alpha value is -0.860. The van der Waals surface area contributed by atoms with Crippen LogP contribution in [-0.4, -0.2) is 30.1 Å². The summed E-state index contributed by atoms with van der Waals surface area (Å²) in [5, 5.41) is 10.3. The molecule has 0 aromatic heterocycles. The van der Waals surface area contributed by atoms with Gasteiger partial charge >= 0.3 is 0 Å². The molecule has 0 saturated carbocycles. The van der Waals surface area contributed by atoms with Crippen molar-refractivity contribution in [1.82, 2.24) is 4.90 Å². The molecule has 0 spiro atoms. The van der Waals surface area contributed by atoms with E-state index in [2.05, 4.69) is 32.7 Å². The van der Waals surface area contributed by atoms with Gasteiger partial charge in [-0.2, -0.15) is 0 Å². The first-order valence-corrected chi connectivity index (χ1v) is 6.96. The second-order valence-electron chi connectivity index (χ2n) is 5.57. The van der Waals surface area contributed by atoms with Crippen LogP contribution in [0.4, 0.5) is 0 Å². The van der Waals surface area contributed by atoms with Crippen LogP contribution in [0.1, 0.15) is 38.9 Å². The number of aliphatic hydroxyl groups is 1. The Morgan fingerprint density at radius 3 is 2.28 bits per heavy atom. The van der Waals surface area contributed by atoms with E-state index in [0.717, 1.165) is 24.6 Å². The molecule has 102 valence electrons. The largest absolute Gasteiger partial charge is 0.388 e. The van der Waals surface area contributed by atoms with E-state index in [1.54, 1.807) is 0 Å². The zero-order chi connectivity index (χ0) is 13.5. The van der Waals surface area contributed by atoms with Crippen molar-refractivity contribution >= 4 is 0 Å². The lowest BCUT2D eigenvalue weighted by molar-refractivity contribution is 0.0914. The lowest BCUT2D eigenvalue weighted by Gasteiger charge is -2.27. The van der Waals surface area contributed by atoms with Gasteiger partial charge in [-0.25, -0.2) is 0 Å². The third-order valence-electron chi connectivity index (χ3n) is 3.60. The summed E-state index contributed by atoms with van der Waals surface area (Å²) in [6, 6.07) is 9.93. The number of aliphatic hydroxyl groups excluding tert-OH is 1. The molecule has 0 amide bonds. The molecule has 0 aliphatic carbocycles. The van der Waals surface area contributed by atoms with Crippen molar-refractivity contribution in [2.24, 2.45) is 11.8 Å². The van der Waals surface area contributed by atoms with Crippen LogP contribution in [0.15, 0.2) is 30.3 Å². The van der Waals surface area contributed by atoms with E-state index in [0.29, 0.717) is 0 Å². The molecule has 18 heavy (non-hydrogen) atoms. The van der Waals surface area contributed by atoms with E-state index in [1.165, 1.54) is 6.42 Å². The molecule has 3 unspecified atom stereocenters. The first kappa shape index (κ1) is 15.2. The zero-order valence-corrected chi connectivity index (χ0v) is 12.1. The number of nitrogens with zero attached hydrogens (tertiary/aromatic N) is 1. The maximum atomic E-state index is 10.3. The molecule has 0 fully saturated rings. The highest BCUT2D eigenvalue weighted by Crippen LogP contribution is 2.22. The predicted octanol–water partition coefficient (Wildman–Crippen LogP) is 3.33. The summed E-state index contributed by atoms with van der Waals surface area (Å²) < 4.78 is 0. The van der Waals surface area contributed by atoms with Crippen LogP contribution in [0, 0.1) is 11.8 Å². The van der Waals surface area contributed by atoms with Crippen molar-refractivity contribution in [2.75, 3.05) is 20.1 Å². The minimum atomic E-state index is -0.370. The summed E-state index contributed by atoms with van der Waals surface area (Å²) in [4.78, 5) is 2.32. The molecule has 1 aromatic carbocycles. The van der Waals surface area contributed by atoms with Crippen molar-refractivity contribution < 1.29 is 5.11 Å². The molecule has 3 atom stereocenters. The van der Waals surface area contributed by atoms with Crippen molar-refractivity contribution in [3.8, 4) is 0 Å². The lowest BCUT2D eigenvalue weighted by Crippen LogP contribution is -2.31. The summed E-state index contributed by atoms with van der Waals surface area (Å²) in [6.07, 6.45) is 0.838. The molecule has 0 saturated heterocycles. The second kappa shape index (κ2) is 7.55. The van der Waals surface area contributed by atoms with Crippen molar-refractivity contribution in [2.45, 2.75) is 33.3 Å². The fourth-order valence-electron chi connectivity index (χ4n) is 2.31. The number of hydrogen-bond acceptors (Lipinski definition) is 2. The lowest BCUT2D eigenvalue weighted by atomic mass is 9.96. The Morgan fingerprint density at radius 1 is 1.11 bits per heavy atom. The van der Waals surface area contributed by atoms with Gasteiger partial charge in [0.15, 0.2) is 0 Å². The number of benzene rings is 1. The van der Waals surface area contributed by atoms with Gasteiger partial charge in [-0.3, -0.25) is 0 Å². The highest BCUT2D eigenvalue weighted by molar-refractivity contribution is 5.17. The maximum absolute atomic E-state index is 10.3. The molecular weight excluding hydrogens is 222 g/mol. The molecule has 0 aliphatic rings. The van der Waals surface area contributed by atoms with Crippen LogP contribution in [0.25, 0.3) is 0 Å². The minimum Gasteiger partial charge on any atom is -0.388 e. The van der Waals surface area contributed by atoms with Gasteiger partial charge in [0.2, 0.25) is 0 Å². The summed E-state index contributed by atoms with van der Waals surface area (Å²) in [7, 11) is 2.14. The third kappa shape index (κ3) is 4.79. The Balaban J connectivity index is 2.47. The SMILES string of the molecule is CCC(C)CN(C)CC(C)C(O)c1ccccc1. The molecule has 0 heterocycles. The Kier molecular flexibility index (Phi) is 6.37. The number of rotatable bonds is 7. The van der Waals surface area contributed by atoms with E-state index in [-0.39, 0.29) is 12.0 Å².